The number of rotatable bonds is 4. The highest BCUT2D eigenvalue weighted by atomic mass is 32.1. The van der Waals surface area contributed by atoms with Crippen LogP contribution in [0.4, 0.5) is 5.13 Å². The number of carbonyl (C=O) groups excluding carboxylic acids is 1. The zero-order valence-corrected chi connectivity index (χ0v) is 16.2. The highest BCUT2D eigenvalue weighted by molar-refractivity contribution is 7.15. The Kier molecular flexibility index (Phi) is 4.29. The fraction of sp³-hybridized carbons (Fsp3) is 0.222. The minimum absolute atomic E-state index is 0.195. The molecule has 0 radical (unpaired) electrons. The number of thiophene rings is 1. The Morgan fingerprint density at radius 1 is 1.31 bits per heavy atom. The van der Waals surface area contributed by atoms with Gasteiger partial charge in [0, 0.05) is 11.4 Å². The zero-order chi connectivity index (χ0) is 18.3. The second-order valence-electron chi connectivity index (χ2n) is 5.84. The monoisotopic (exact) mass is 383 g/mol. The van der Waals surface area contributed by atoms with Crippen molar-refractivity contribution in [3.05, 3.63) is 45.9 Å². The average molecular weight is 384 g/mol. The van der Waals surface area contributed by atoms with E-state index < -0.39 is 0 Å². The molecule has 4 rings (SSSR count). The number of thiazole rings is 1. The van der Waals surface area contributed by atoms with Gasteiger partial charge in [0.25, 0.3) is 5.91 Å². The van der Waals surface area contributed by atoms with Crippen LogP contribution in [0.3, 0.4) is 0 Å². The number of aryl methyl sites for hydroxylation is 3. The number of hydrogen-bond acceptors (Lipinski definition) is 6. The molecule has 0 unspecified atom stereocenters. The fourth-order valence-corrected chi connectivity index (χ4v) is 4.20. The van der Waals surface area contributed by atoms with Gasteiger partial charge in [0.05, 0.1) is 33.4 Å². The summed E-state index contributed by atoms with van der Waals surface area (Å²) in [6.07, 6.45) is 1.71. The van der Waals surface area contributed by atoms with Gasteiger partial charge < -0.3 is 0 Å². The molecule has 1 amide bonds. The summed E-state index contributed by atoms with van der Waals surface area (Å²) >= 11 is 3.07. The van der Waals surface area contributed by atoms with Gasteiger partial charge in [-0.3, -0.25) is 10.1 Å². The zero-order valence-electron chi connectivity index (χ0n) is 14.6. The molecule has 4 aromatic rings. The number of carbonyl (C=O) groups is 1. The average Bonchev–Trinajstić information content (AvgIpc) is 3.35. The predicted molar refractivity (Wildman–Crippen MR) is 106 cm³/mol. The van der Waals surface area contributed by atoms with Crippen LogP contribution in [0.2, 0.25) is 0 Å². The molecule has 0 saturated heterocycles. The molecule has 4 heterocycles. The smallest absolute Gasteiger partial charge is 0.258 e. The summed E-state index contributed by atoms with van der Waals surface area (Å²) in [5.74, 6) is -0.195. The Balaban J connectivity index is 1.82. The summed E-state index contributed by atoms with van der Waals surface area (Å²) < 4.78 is 1.81. The molecule has 26 heavy (non-hydrogen) atoms. The molecule has 0 spiro atoms. The van der Waals surface area contributed by atoms with Gasteiger partial charge in [0.15, 0.2) is 10.8 Å². The lowest BCUT2D eigenvalue weighted by Crippen LogP contribution is -2.13. The van der Waals surface area contributed by atoms with E-state index >= 15 is 0 Å². The highest BCUT2D eigenvalue weighted by Crippen LogP contribution is 2.29. The number of hydrogen-bond donors (Lipinski definition) is 1. The molecule has 0 aromatic carbocycles. The van der Waals surface area contributed by atoms with E-state index in [0.717, 1.165) is 32.2 Å². The van der Waals surface area contributed by atoms with Crippen LogP contribution in [-0.2, 0) is 6.54 Å². The van der Waals surface area contributed by atoms with Gasteiger partial charge in [0.2, 0.25) is 0 Å². The lowest BCUT2D eigenvalue weighted by molar-refractivity contribution is 0.102. The van der Waals surface area contributed by atoms with Crippen LogP contribution in [0.15, 0.2) is 29.8 Å². The molecule has 1 N–H and O–H groups in total. The first-order valence-corrected chi connectivity index (χ1v) is 9.92. The van der Waals surface area contributed by atoms with E-state index in [1.807, 2.05) is 44.4 Å². The molecule has 6 nitrogen and oxygen atoms in total. The van der Waals surface area contributed by atoms with Crippen molar-refractivity contribution in [2.75, 3.05) is 5.32 Å². The molecular formula is C18H17N5OS2. The number of nitrogens with zero attached hydrogens (tertiary/aromatic N) is 4. The normalized spacial score (nSPS) is 11.2. The van der Waals surface area contributed by atoms with Gasteiger partial charge in [0.1, 0.15) is 0 Å². The van der Waals surface area contributed by atoms with Crippen molar-refractivity contribution in [2.45, 2.75) is 27.3 Å². The molecule has 0 bridgehead atoms. The molecule has 0 aliphatic heterocycles. The summed E-state index contributed by atoms with van der Waals surface area (Å²) in [7, 11) is 0. The lowest BCUT2D eigenvalue weighted by atomic mass is 10.1. The van der Waals surface area contributed by atoms with E-state index in [-0.39, 0.29) is 5.91 Å². The van der Waals surface area contributed by atoms with Crippen LogP contribution in [0.5, 0.6) is 0 Å². The molecular weight excluding hydrogens is 366 g/mol. The van der Waals surface area contributed by atoms with Crippen molar-refractivity contribution >= 4 is 44.7 Å². The van der Waals surface area contributed by atoms with Gasteiger partial charge >= 0.3 is 0 Å². The molecule has 0 fully saturated rings. The predicted octanol–water partition coefficient (Wildman–Crippen LogP) is 4.51. The maximum absolute atomic E-state index is 13.0. The number of pyridine rings is 1. The van der Waals surface area contributed by atoms with E-state index in [9.17, 15) is 4.79 Å². The summed E-state index contributed by atoms with van der Waals surface area (Å²) in [6.45, 7) is 6.63. The fourth-order valence-electron chi connectivity index (χ4n) is 2.71. The third-order valence-corrected chi connectivity index (χ3v) is 6.06. The topological polar surface area (TPSA) is 72.7 Å². The van der Waals surface area contributed by atoms with Crippen molar-refractivity contribution in [1.82, 2.24) is 19.7 Å². The number of amides is 1. The van der Waals surface area contributed by atoms with Crippen molar-refractivity contribution in [2.24, 2.45) is 0 Å². The van der Waals surface area contributed by atoms with Crippen LogP contribution >= 0.6 is 22.7 Å². The number of nitrogens with one attached hydrogen (secondary N) is 1. The third kappa shape index (κ3) is 2.91. The molecule has 0 saturated carbocycles. The van der Waals surface area contributed by atoms with Gasteiger partial charge in [-0.15, -0.1) is 22.7 Å². The Hall–Kier alpha value is -2.58. The molecule has 0 aliphatic carbocycles. The summed E-state index contributed by atoms with van der Waals surface area (Å²) in [5, 5.41) is 10.6. The minimum atomic E-state index is -0.195. The Labute approximate surface area is 158 Å². The van der Waals surface area contributed by atoms with Crippen molar-refractivity contribution < 1.29 is 4.79 Å². The van der Waals surface area contributed by atoms with Crippen molar-refractivity contribution in [3.63, 3.8) is 0 Å². The number of aromatic nitrogens is 4. The van der Waals surface area contributed by atoms with Crippen LogP contribution < -0.4 is 5.32 Å². The molecule has 0 aliphatic rings. The van der Waals surface area contributed by atoms with E-state index in [2.05, 4.69) is 15.4 Å². The van der Waals surface area contributed by atoms with Gasteiger partial charge in [-0.25, -0.2) is 14.6 Å². The van der Waals surface area contributed by atoms with E-state index in [4.69, 9.17) is 4.98 Å². The van der Waals surface area contributed by atoms with Crippen molar-refractivity contribution in [1.29, 1.82) is 0 Å². The molecule has 8 heteroatoms. The van der Waals surface area contributed by atoms with Crippen molar-refractivity contribution in [3.8, 4) is 10.6 Å². The first-order valence-electron chi connectivity index (χ1n) is 8.22. The number of fused-ring (bicyclic) bond motifs is 1. The summed E-state index contributed by atoms with van der Waals surface area (Å²) in [5.41, 5.74) is 2.99. The highest BCUT2D eigenvalue weighted by Gasteiger charge is 2.19. The number of anilines is 1. The minimum Gasteiger partial charge on any atom is -0.298 e. The van der Waals surface area contributed by atoms with Crippen LogP contribution in [0.25, 0.3) is 21.6 Å². The second-order valence-corrected chi connectivity index (χ2v) is 8.00. The molecule has 0 atom stereocenters. The van der Waals surface area contributed by atoms with Crippen LogP contribution in [0, 0.1) is 13.8 Å². The van der Waals surface area contributed by atoms with E-state index in [1.165, 1.54) is 11.3 Å². The van der Waals surface area contributed by atoms with Gasteiger partial charge in [-0.2, -0.15) is 5.10 Å². The summed E-state index contributed by atoms with van der Waals surface area (Å²) in [6, 6.07) is 5.81. The first-order chi connectivity index (χ1) is 12.6. The SMILES string of the molecule is CCn1ncc2c(C(=O)Nc3nc(C)c(C)s3)cc(-c3cccs3)nc21. The largest absolute Gasteiger partial charge is 0.298 e. The third-order valence-electron chi connectivity index (χ3n) is 4.18. The van der Waals surface area contributed by atoms with E-state index in [0.29, 0.717) is 17.2 Å². The Morgan fingerprint density at radius 2 is 2.15 bits per heavy atom. The van der Waals surface area contributed by atoms with Gasteiger partial charge in [-0.05, 0) is 38.3 Å². The van der Waals surface area contributed by atoms with Crippen LogP contribution in [-0.4, -0.2) is 25.7 Å². The van der Waals surface area contributed by atoms with Crippen LogP contribution in [0.1, 0.15) is 27.9 Å². The quantitative estimate of drug-likeness (QED) is 0.563. The maximum Gasteiger partial charge on any atom is 0.258 e. The maximum atomic E-state index is 13.0. The van der Waals surface area contributed by atoms with Gasteiger partial charge in [-0.1, -0.05) is 6.07 Å². The standard InChI is InChI=1S/C18H17N5OS2/c1-4-23-16-13(9-19-23)12(8-14(21-16)15-6-5-7-25-15)17(24)22-18-20-10(2)11(3)26-18/h5-9H,4H2,1-3H3,(H,20,22,24). The second kappa shape index (κ2) is 6.62. The molecule has 4 aromatic heterocycles. The summed E-state index contributed by atoms with van der Waals surface area (Å²) in [4.78, 5) is 24.2. The van der Waals surface area contributed by atoms with E-state index in [1.54, 1.807) is 22.2 Å². The Morgan fingerprint density at radius 3 is 2.81 bits per heavy atom. The Bertz CT molecular complexity index is 1080. The lowest BCUT2D eigenvalue weighted by Gasteiger charge is -2.07. The molecule has 132 valence electrons. The first kappa shape index (κ1) is 16.9.